The second-order valence-corrected chi connectivity index (χ2v) is 5.63. The van der Waals surface area contributed by atoms with Crippen LogP contribution in [0.15, 0.2) is 16.5 Å². The van der Waals surface area contributed by atoms with Gasteiger partial charge in [0.1, 0.15) is 11.0 Å². The van der Waals surface area contributed by atoms with E-state index in [4.69, 9.17) is 4.42 Å². The molecule has 1 aromatic heterocycles. The highest BCUT2D eigenvalue weighted by Gasteiger charge is 2.38. The fraction of sp³-hybridized carbons (Fsp3) is 0.571. The predicted molar refractivity (Wildman–Crippen MR) is 78.9 cm³/mol. The Kier molecular flexibility index (Phi) is 4.28. The number of furan rings is 1. The second-order valence-electron chi connectivity index (χ2n) is 5.63. The zero-order valence-corrected chi connectivity index (χ0v) is 12.6. The maximum atomic E-state index is 12.6. The zero-order valence-electron chi connectivity index (χ0n) is 12.6. The van der Waals surface area contributed by atoms with E-state index in [9.17, 15) is 19.7 Å². The minimum absolute atomic E-state index is 0.0570. The fourth-order valence-corrected chi connectivity index (χ4v) is 3.04. The summed E-state index contributed by atoms with van der Waals surface area (Å²) in [5, 5.41) is 13.8. The molecule has 2 fully saturated rings. The Balaban J connectivity index is 1.73. The molecule has 2 aliphatic heterocycles. The van der Waals surface area contributed by atoms with E-state index in [1.807, 2.05) is 0 Å². The molecule has 9 heteroatoms. The summed E-state index contributed by atoms with van der Waals surface area (Å²) in [6, 6.07) is 1.92. The maximum Gasteiger partial charge on any atom is 0.433 e. The standard InChI is InChI=1S/C14H18N4O5/c19-13(16-8-5-15-6-9-16)10-2-1-7-17(10)14(20)11-3-4-12(23-11)18(21)22/h3-4,10,15H,1-2,5-9H2. The lowest BCUT2D eigenvalue weighted by molar-refractivity contribution is -0.402. The van der Waals surface area contributed by atoms with Crippen molar-refractivity contribution in [1.29, 1.82) is 0 Å². The van der Waals surface area contributed by atoms with Gasteiger partial charge in [-0.1, -0.05) is 0 Å². The molecule has 3 heterocycles. The van der Waals surface area contributed by atoms with E-state index in [0.717, 1.165) is 25.6 Å². The highest BCUT2D eigenvalue weighted by molar-refractivity contribution is 5.96. The van der Waals surface area contributed by atoms with Gasteiger partial charge in [-0.15, -0.1) is 0 Å². The number of nitro groups is 1. The lowest BCUT2D eigenvalue weighted by Crippen LogP contribution is -2.53. The second kappa shape index (κ2) is 6.37. The number of amides is 2. The van der Waals surface area contributed by atoms with Crippen LogP contribution >= 0.6 is 0 Å². The third-order valence-electron chi connectivity index (χ3n) is 4.21. The van der Waals surface area contributed by atoms with Crippen LogP contribution in [0.3, 0.4) is 0 Å². The Labute approximate surface area is 132 Å². The van der Waals surface area contributed by atoms with Gasteiger partial charge in [-0.3, -0.25) is 19.7 Å². The van der Waals surface area contributed by atoms with Crippen molar-refractivity contribution in [2.45, 2.75) is 18.9 Å². The SMILES string of the molecule is O=C(C1CCCN1C(=O)c1ccc([N+](=O)[O-])o1)N1CCNCC1. The molecule has 1 N–H and O–H groups in total. The summed E-state index contributed by atoms with van der Waals surface area (Å²) in [7, 11) is 0. The van der Waals surface area contributed by atoms with Crippen LogP contribution in [0, 0.1) is 10.1 Å². The number of hydrogen-bond donors (Lipinski definition) is 1. The molecule has 3 rings (SSSR count). The molecular weight excluding hydrogens is 304 g/mol. The van der Waals surface area contributed by atoms with Gasteiger partial charge in [0.05, 0.1) is 6.07 Å². The largest absolute Gasteiger partial charge is 0.433 e. The first-order chi connectivity index (χ1) is 11.1. The molecule has 0 aromatic carbocycles. The topological polar surface area (TPSA) is 109 Å². The van der Waals surface area contributed by atoms with E-state index in [0.29, 0.717) is 26.1 Å². The molecule has 124 valence electrons. The van der Waals surface area contributed by atoms with Crippen molar-refractivity contribution in [2.24, 2.45) is 0 Å². The Morgan fingerprint density at radius 2 is 2.00 bits per heavy atom. The van der Waals surface area contributed by atoms with Crippen molar-refractivity contribution >= 4 is 17.7 Å². The van der Waals surface area contributed by atoms with Gasteiger partial charge in [-0.2, -0.15) is 0 Å². The molecule has 0 radical (unpaired) electrons. The molecule has 1 unspecified atom stereocenters. The van der Waals surface area contributed by atoms with Crippen LogP contribution in [0.2, 0.25) is 0 Å². The normalized spacial score (nSPS) is 21.5. The van der Waals surface area contributed by atoms with Gasteiger partial charge in [0.2, 0.25) is 5.91 Å². The van der Waals surface area contributed by atoms with E-state index in [2.05, 4.69) is 5.32 Å². The first kappa shape index (κ1) is 15.5. The lowest BCUT2D eigenvalue weighted by atomic mass is 10.1. The smallest absolute Gasteiger partial charge is 0.395 e. The maximum absolute atomic E-state index is 12.6. The average Bonchev–Trinajstić information content (AvgIpc) is 3.23. The van der Waals surface area contributed by atoms with E-state index in [-0.39, 0.29) is 11.7 Å². The monoisotopic (exact) mass is 322 g/mol. The van der Waals surface area contributed by atoms with E-state index >= 15 is 0 Å². The third kappa shape index (κ3) is 3.04. The average molecular weight is 322 g/mol. The number of carbonyl (C=O) groups is 2. The molecule has 0 spiro atoms. The highest BCUT2D eigenvalue weighted by atomic mass is 16.6. The van der Waals surface area contributed by atoms with Crippen LogP contribution < -0.4 is 5.32 Å². The summed E-state index contributed by atoms with van der Waals surface area (Å²) in [5.74, 6) is -1.10. The molecule has 2 amide bonds. The quantitative estimate of drug-likeness (QED) is 0.630. The molecule has 9 nitrogen and oxygen atoms in total. The van der Waals surface area contributed by atoms with Crippen molar-refractivity contribution in [1.82, 2.24) is 15.1 Å². The van der Waals surface area contributed by atoms with Crippen LogP contribution in [0.5, 0.6) is 0 Å². The molecule has 0 saturated carbocycles. The lowest BCUT2D eigenvalue weighted by Gasteiger charge is -2.32. The van der Waals surface area contributed by atoms with Gasteiger partial charge in [0, 0.05) is 32.7 Å². The number of piperazine rings is 1. The van der Waals surface area contributed by atoms with Crippen LogP contribution in [-0.4, -0.2) is 65.3 Å². The van der Waals surface area contributed by atoms with Gasteiger partial charge in [-0.25, -0.2) is 0 Å². The molecule has 1 atom stereocenters. The Bertz CT molecular complexity index is 622. The van der Waals surface area contributed by atoms with E-state index in [1.54, 1.807) is 4.90 Å². The minimum Gasteiger partial charge on any atom is -0.395 e. The first-order valence-corrected chi connectivity index (χ1v) is 7.62. The van der Waals surface area contributed by atoms with Gasteiger partial charge < -0.3 is 19.5 Å². The number of hydrogen-bond acceptors (Lipinski definition) is 6. The summed E-state index contributed by atoms with van der Waals surface area (Å²) in [5.41, 5.74) is 0. The van der Waals surface area contributed by atoms with Crippen LogP contribution in [0.1, 0.15) is 23.4 Å². The fourth-order valence-electron chi connectivity index (χ4n) is 3.04. The van der Waals surface area contributed by atoms with E-state index < -0.39 is 22.8 Å². The van der Waals surface area contributed by atoms with Crippen molar-refractivity contribution in [3.63, 3.8) is 0 Å². The Morgan fingerprint density at radius 3 is 2.65 bits per heavy atom. The summed E-state index contributed by atoms with van der Waals surface area (Å²) in [6.45, 7) is 3.20. The number of nitrogens with one attached hydrogen (secondary N) is 1. The van der Waals surface area contributed by atoms with Gasteiger partial charge in [-0.05, 0) is 18.9 Å². The van der Waals surface area contributed by atoms with Gasteiger partial charge in [0.15, 0.2) is 5.76 Å². The minimum atomic E-state index is -0.690. The van der Waals surface area contributed by atoms with Crippen molar-refractivity contribution in [2.75, 3.05) is 32.7 Å². The Hall–Kier alpha value is -2.42. The van der Waals surface area contributed by atoms with Gasteiger partial charge >= 0.3 is 5.88 Å². The molecule has 23 heavy (non-hydrogen) atoms. The van der Waals surface area contributed by atoms with Gasteiger partial charge in [0.25, 0.3) is 5.91 Å². The number of carbonyl (C=O) groups excluding carboxylic acids is 2. The summed E-state index contributed by atoms with van der Waals surface area (Å²) in [6.07, 6.45) is 1.34. The van der Waals surface area contributed by atoms with E-state index in [1.165, 1.54) is 11.0 Å². The summed E-state index contributed by atoms with van der Waals surface area (Å²) < 4.78 is 4.97. The summed E-state index contributed by atoms with van der Waals surface area (Å²) in [4.78, 5) is 38.3. The highest BCUT2D eigenvalue weighted by Crippen LogP contribution is 2.24. The molecule has 0 aliphatic carbocycles. The molecule has 0 bridgehead atoms. The third-order valence-corrected chi connectivity index (χ3v) is 4.21. The number of nitrogens with zero attached hydrogens (tertiary/aromatic N) is 3. The van der Waals surface area contributed by atoms with Crippen LogP contribution in [0.4, 0.5) is 5.88 Å². The van der Waals surface area contributed by atoms with Crippen LogP contribution in [-0.2, 0) is 4.79 Å². The molecular formula is C14H18N4O5. The zero-order chi connectivity index (χ0) is 16.4. The molecule has 2 aliphatic rings. The van der Waals surface area contributed by atoms with Crippen molar-refractivity contribution in [3.8, 4) is 0 Å². The predicted octanol–water partition coefficient (Wildman–Crippen LogP) is 0.224. The summed E-state index contributed by atoms with van der Waals surface area (Å²) >= 11 is 0. The van der Waals surface area contributed by atoms with Crippen molar-refractivity contribution < 1.29 is 18.9 Å². The Morgan fingerprint density at radius 1 is 1.26 bits per heavy atom. The van der Waals surface area contributed by atoms with Crippen LogP contribution in [0.25, 0.3) is 0 Å². The van der Waals surface area contributed by atoms with Crippen molar-refractivity contribution in [3.05, 3.63) is 28.0 Å². The molecule has 1 aromatic rings. The number of rotatable bonds is 3. The number of likely N-dealkylation sites (tertiary alicyclic amines) is 1. The first-order valence-electron chi connectivity index (χ1n) is 7.62. The molecule has 2 saturated heterocycles.